The van der Waals surface area contributed by atoms with Gasteiger partial charge in [0.2, 0.25) is 5.91 Å². The van der Waals surface area contributed by atoms with Crippen LogP contribution in [0.1, 0.15) is 20.3 Å². The quantitative estimate of drug-likeness (QED) is 0.606. The van der Waals surface area contributed by atoms with Gasteiger partial charge in [-0.1, -0.05) is 0 Å². The third-order valence-electron chi connectivity index (χ3n) is 1.31. The lowest BCUT2D eigenvalue weighted by molar-refractivity contribution is -0.119. The predicted octanol–water partition coefficient (Wildman–Crippen LogP) is 0.200. The number of carbonyl (C=O) groups is 1. The third kappa shape index (κ3) is 5.79. The van der Waals surface area contributed by atoms with Gasteiger partial charge in [0.05, 0.1) is 0 Å². The fraction of sp³-hybridized carbons (Fsp3) is 0.857. The van der Waals surface area contributed by atoms with E-state index in [1.807, 2.05) is 13.8 Å². The molecule has 0 spiro atoms. The highest BCUT2D eigenvalue weighted by molar-refractivity contribution is 5.74. The van der Waals surface area contributed by atoms with E-state index in [0.717, 1.165) is 0 Å². The van der Waals surface area contributed by atoms with Crippen LogP contribution in [0, 0.1) is 0 Å². The minimum atomic E-state index is -0.428. The number of hydrogen-bond donors (Lipinski definition) is 2. The zero-order chi connectivity index (χ0) is 8.91. The van der Waals surface area contributed by atoms with Crippen molar-refractivity contribution in [2.24, 2.45) is 5.73 Å². The second-order valence-electron chi connectivity index (χ2n) is 3.14. The van der Waals surface area contributed by atoms with Crippen molar-refractivity contribution in [2.75, 3.05) is 13.2 Å². The van der Waals surface area contributed by atoms with Crippen LogP contribution < -0.4 is 11.1 Å². The van der Waals surface area contributed by atoms with Crippen molar-refractivity contribution >= 4 is 5.91 Å². The SMILES string of the molecule is CC(C)(CC(N)=O)NCCF. The van der Waals surface area contributed by atoms with E-state index in [1.165, 1.54) is 0 Å². The molecule has 0 atom stereocenters. The Morgan fingerprint density at radius 3 is 2.55 bits per heavy atom. The van der Waals surface area contributed by atoms with Gasteiger partial charge in [-0.3, -0.25) is 4.79 Å². The molecule has 0 heterocycles. The smallest absolute Gasteiger partial charge is 0.219 e. The van der Waals surface area contributed by atoms with Gasteiger partial charge in [-0.25, -0.2) is 4.39 Å². The summed E-state index contributed by atoms with van der Waals surface area (Å²) in [5, 5.41) is 2.86. The molecule has 0 radical (unpaired) electrons. The number of amides is 1. The molecule has 0 bridgehead atoms. The van der Waals surface area contributed by atoms with Gasteiger partial charge < -0.3 is 11.1 Å². The lowest BCUT2D eigenvalue weighted by Gasteiger charge is -2.23. The zero-order valence-electron chi connectivity index (χ0n) is 6.98. The maximum atomic E-state index is 11.7. The number of halogens is 1. The van der Waals surface area contributed by atoms with E-state index >= 15 is 0 Å². The van der Waals surface area contributed by atoms with E-state index in [-0.39, 0.29) is 18.9 Å². The number of nitrogens with two attached hydrogens (primary N) is 1. The number of primary amides is 1. The van der Waals surface area contributed by atoms with Gasteiger partial charge in [-0.05, 0) is 13.8 Å². The van der Waals surface area contributed by atoms with Crippen molar-refractivity contribution < 1.29 is 9.18 Å². The van der Waals surface area contributed by atoms with Crippen LogP contribution in [0.2, 0.25) is 0 Å². The van der Waals surface area contributed by atoms with Gasteiger partial charge in [-0.2, -0.15) is 0 Å². The zero-order valence-corrected chi connectivity index (χ0v) is 6.98. The third-order valence-corrected chi connectivity index (χ3v) is 1.31. The summed E-state index contributed by atoms with van der Waals surface area (Å²) in [5.74, 6) is -0.374. The second kappa shape index (κ2) is 4.28. The van der Waals surface area contributed by atoms with Crippen molar-refractivity contribution in [2.45, 2.75) is 25.8 Å². The van der Waals surface area contributed by atoms with E-state index < -0.39 is 12.2 Å². The summed E-state index contributed by atoms with van der Waals surface area (Å²) in [6.07, 6.45) is 0.229. The van der Waals surface area contributed by atoms with E-state index in [4.69, 9.17) is 5.73 Å². The molecule has 3 nitrogen and oxygen atoms in total. The highest BCUT2D eigenvalue weighted by Gasteiger charge is 2.18. The van der Waals surface area contributed by atoms with Gasteiger partial charge in [-0.15, -0.1) is 0 Å². The molecule has 66 valence electrons. The fourth-order valence-electron chi connectivity index (χ4n) is 0.884. The maximum absolute atomic E-state index is 11.7. The fourth-order valence-corrected chi connectivity index (χ4v) is 0.884. The van der Waals surface area contributed by atoms with Crippen molar-refractivity contribution in [1.29, 1.82) is 0 Å². The Balaban J connectivity index is 3.70. The van der Waals surface area contributed by atoms with Crippen LogP contribution in [0.15, 0.2) is 0 Å². The van der Waals surface area contributed by atoms with E-state index in [1.54, 1.807) is 0 Å². The molecule has 0 rings (SSSR count). The topological polar surface area (TPSA) is 55.1 Å². The summed E-state index contributed by atoms with van der Waals surface area (Å²) < 4.78 is 11.7. The Morgan fingerprint density at radius 1 is 1.64 bits per heavy atom. The molecule has 0 aliphatic heterocycles. The average molecular weight is 162 g/mol. The summed E-state index contributed by atoms with van der Waals surface area (Å²) >= 11 is 0. The molecule has 1 amide bonds. The first-order valence-corrected chi connectivity index (χ1v) is 3.57. The summed E-state index contributed by atoms with van der Waals surface area (Å²) in [5.41, 5.74) is 4.59. The molecule has 0 unspecified atom stereocenters. The lowest BCUT2D eigenvalue weighted by atomic mass is 10.0. The molecule has 0 aromatic heterocycles. The van der Waals surface area contributed by atoms with Crippen molar-refractivity contribution in [3.63, 3.8) is 0 Å². The van der Waals surface area contributed by atoms with Gasteiger partial charge in [0.15, 0.2) is 0 Å². The van der Waals surface area contributed by atoms with Crippen molar-refractivity contribution in [3.05, 3.63) is 0 Å². The molecule has 0 saturated heterocycles. The second-order valence-corrected chi connectivity index (χ2v) is 3.14. The van der Waals surface area contributed by atoms with Crippen LogP contribution in [0.3, 0.4) is 0 Å². The van der Waals surface area contributed by atoms with Gasteiger partial charge in [0.1, 0.15) is 6.67 Å². The number of rotatable bonds is 5. The van der Waals surface area contributed by atoms with E-state index in [2.05, 4.69) is 5.32 Å². The van der Waals surface area contributed by atoms with Crippen molar-refractivity contribution in [3.8, 4) is 0 Å². The molecule has 0 aliphatic rings. The Kier molecular flexibility index (Phi) is 4.03. The van der Waals surface area contributed by atoms with Crippen LogP contribution >= 0.6 is 0 Å². The first-order valence-electron chi connectivity index (χ1n) is 3.57. The molecule has 3 N–H and O–H groups in total. The first-order chi connectivity index (χ1) is 4.98. The van der Waals surface area contributed by atoms with Gasteiger partial charge in [0, 0.05) is 18.5 Å². The molecule has 0 aromatic carbocycles. The van der Waals surface area contributed by atoms with Gasteiger partial charge in [0.25, 0.3) is 0 Å². The number of nitrogens with one attached hydrogen (secondary N) is 1. The highest BCUT2D eigenvalue weighted by atomic mass is 19.1. The summed E-state index contributed by atoms with van der Waals surface area (Å²) in [6, 6.07) is 0. The highest BCUT2D eigenvalue weighted by Crippen LogP contribution is 2.06. The normalized spacial score (nSPS) is 11.5. The standard InChI is InChI=1S/C7H15FN2O/c1-7(2,5-6(9)11)10-4-3-8/h10H,3-5H2,1-2H3,(H2,9,11). The summed E-state index contributed by atoms with van der Waals surface area (Å²) in [7, 11) is 0. The molecular weight excluding hydrogens is 147 g/mol. The monoisotopic (exact) mass is 162 g/mol. The summed E-state index contributed by atoms with van der Waals surface area (Å²) in [6.45, 7) is 3.46. The van der Waals surface area contributed by atoms with Crippen molar-refractivity contribution in [1.82, 2.24) is 5.32 Å². The predicted molar refractivity (Wildman–Crippen MR) is 41.9 cm³/mol. The Morgan fingerprint density at radius 2 is 2.18 bits per heavy atom. The largest absolute Gasteiger partial charge is 0.370 e. The van der Waals surface area contributed by atoms with Crippen LogP contribution in [0.25, 0.3) is 0 Å². The summed E-state index contributed by atoms with van der Waals surface area (Å²) in [4.78, 5) is 10.5. The van der Waals surface area contributed by atoms with Gasteiger partial charge >= 0.3 is 0 Å². The van der Waals surface area contributed by atoms with E-state index in [9.17, 15) is 9.18 Å². The molecule has 0 saturated carbocycles. The maximum Gasteiger partial charge on any atom is 0.219 e. The Bertz CT molecular complexity index is 136. The van der Waals surface area contributed by atoms with Crippen LogP contribution in [-0.4, -0.2) is 24.7 Å². The Hall–Kier alpha value is -0.640. The Labute approximate surface area is 66.1 Å². The van der Waals surface area contributed by atoms with Crippen LogP contribution in [-0.2, 0) is 4.79 Å². The minimum Gasteiger partial charge on any atom is -0.370 e. The van der Waals surface area contributed by atoms with E-state index in [0.29, 0.717) is 0 Å². The molecule has 0 fully saturated rings. The number of carbonyl (C=O) groups excluding carboxylic acids is 1. The lowest BCUT2D eigenvalue weighted by Crippen LogP contribution is -2.43. The molecule has 4 heteroatoms. The van der Waals surface area contributed by atoms with Crippen LogP contribution in [0.4, 0.5) is 4.39 Å². The molecule has 0 aliphatic carbocycles. The first kappa shape index (κ1) is 10.4. The minimum absolute atomic E-state index is 0.229. The number of alkyl halides is 1. The van der Waals surface area contributed by atoms with Crippen LogP contribution in [0.5, 0.6) is 0 Å². The molecule has 11 heavy (non-hydrogen) atoms. The molecule has 0 aromatic rings. The number of hydrogen-bond acceptors (Lipinski definition) is 2. The average Bonchev–Trinajstić information content (AvgIpc) is 1.81. The molecular formula is C7H15FN2O.